The Hall–Kier alpha value is -0.600. The monoisotopic (exact) mass is 170 g/mol. The van der Waals surface area contributed by atoms with Crippen LogP contribution in [0.1, 0.15) is 12.6 Å². The topological polar surface area (TPSA) is 24.9 Å². The van der Waals surface area contributed by atoms with Gasteiger partial charge in [-0.25, -0.2) is 0 Å². The molecule has 3 heteroatoms. The Balaban J connectivity index is 2.56. The molecule has 0 amide bonds. The molecule has 0 aromatic carbocycles. The van der Waals surface area contributed by atoms with Crippen molar-refractivity contribution in [3.8, 4) is 0 Å². The molecular weight excluding hydrogens is 160 g/mol. The van der Waals surface area contributed by atoms with Gasteiger partial charge >= 0.3 is 0 Å². The lowest BCUT2D eigenvalue weighted by molar-refractivity contribution is 0.711. The van der Waals surface area contributed by atoms with E-state index in [1.165, 1.54) is 0 Å². The molecule has 0 aliphatic heterocycles. The fraction of sp³-hybridized carbons (Fsp3) is 0.375. The van der Waals surface area contributed by atoms with Gasteiger partial charge in [0.05, 0.1) is 5.69 Å². The minimum Gasteiger partial charge on any atom is -0.311 e. The van der Waals surface area contributed by atoms with E-state index in [1.807, 2.05) is 6.07 Å². The highest BCUT2D eigenvalue weighted by Gasteiger charge is 1.92. The zero-order valence-electron chi connectivity index (χ0n) is 6.47. The number of nitrogens with one attached hydrogen (secondary N) is 1. The van der Waals surface area contributed by atoms with Gasteiger partial charge in [0.25, 0.3) is 0 Å². The second-order valence-corrected chi connectivity index (χ2v) is 2.68. The first-order chi connectivity index (χ1) is 5.33. The maximum absolute atomic E-state index is 5.76. The van der Waals surface area contributed by atoms with E-state index >= 15 is 0 Å². The minimum absolute atomic E-state index is 0.743. The van der Waals surface area contributed by atoms with Gasteiger partial charge in [0.15, 0.2) is 0 Å². The van der Waals surface area contributed by atoms with Gasteiger partial charge < -0.3 is 5.32 Å². The van der Waals surface area contributed by atoms with Crippen molar-refractivity contribution in [2.24, 2.45) is 0 Å². The standard InChI is InChI=1S/C8H11ClN2/c1-2-10-6-8-5-7(9)3-4-11-8/h3-5,10H,2,6H2,1H3. The SMILES string of the molecule is CCNCc1cc(Cl)ccn1. The quantitative estimate of drug-likeness (QED) is 0.749. The fourth-order valence-corrected chi connectivity index (χ4v) is 0.981. The summed E-state index contributed by atoms with van der Waals surface area (Å²) in [7, 11) is 0. The molecule has 0 saturated carbocycles. The third-order valence-corrected chi connectivity index (χ3v) is 1.57. The van der Waals surface area contributed by atoms with Crippen LogP contribution in [0.4, 0.5) is 0 Å². The lowest BCUT2D eigenvalue weighted by Crippen LogP contribution is -2.12. The molecule has 11 heavy (non-hydrogen) atoms. The van der Waals surface area contributed by atoms with Crippen LogP contribution in [-0.4, -0.2) is 11.5 Å². The zero-order valence-corrected chi connectivity index (χ0v) is 7.23. The Morgan fingerprint density at radius 1 is 1.64 bits per heavy atom. The number of pyridine rings is 1. The van der Waals surface area contributed by atoms with Crippen LogP contribution in [0.3, 0.4) is 0 Å². The fourth-order valence-electron chi connectivity index (χ4n) is 0.799. The van der Waals surface area contributed by atoms with Gasteiger partial charge in [-0.2, -0.15) is 0 Å². The molecule has 2 nitrogen and oxygen atoms in total. The summed E-state index contributed by atoms with van der Waals surface area (Å²) >= 11 is 5.76. The number of hydrogen-bond donors (Lipinski definition) is 1. The number of aromatic nitrogens is 1. The Bertz CT molecular complexity index is 225. The molecule has 0 atom stereocenters. The molecule has 1 N–H and O–H groups in total. The lowest BCUT2D eigenvalue weighted by Gasteiger charge is -1.99. The van der Waals surface area contributed by atoms with E-state index in [1.54, 1.807) is 12.3 Å². The largest absolute Gasteiger partial charge is 0.311 e. The van der Waals surface area contributed by atoms with Crippen LogP contribution in [0.25, 0.3) is 0 Å². The maximum atomic E-state index is 5.76. The maximum Gasteiger partial charge on any atom is 0.0556 e. The second kappa shape index (κ2) is 4.31. The molecule has 0 aliphatic rings. The summed E-state index contributed by atoms with van der Waals surface area (Å²) in [6.45, 7) is 3.80. The van der Waals surface area contributed by atoms with Crippen molar-refractivity contribution < 1.29 is 0 Å². The van der Waals surface area contributed by atoms with E-state index in [9.17, 15) is 0 Å². The molecule has 1 aromatic heterocycles. The van der Waals surface area contributed by atoms with Gasteiger partial charge in [0.2, 0.25) is 0 Å². The molecule has 0 saturated heterocycles. The van der Waals surface area contributed by atoms with Crippen molar-refractivity contribution in [1.29, 1.82) is 0 Å². The van der Waals surface area contributed by atoms with Gasteiger partial charge in [-0.1, -0.05) is 18.5 Å². The van der Waals surface area contributed by atoms with Crippen molar-refractivity contribution in [2.75, 3.05) is 6.54 Å². The van der Waals surface area contributed by atoms with Crippen LogP contribution in [0, 0.1) is 0 Å². The van der Waals surface area contributed by atoms with Gasteiger partial charge in [-0.15, -0.1) is 0 Å². The van der Waals surface area contributed by atoms with Crippen molar-refractivity contribution in [3.63, 3.8) is 0 Å². The highest BCUT2D eigenvalue weighted by molar-refractivity contribution is 6.30. The lowest BCUT2D eigenvalue weighted by atomic mass is 10.3. The first kappa shape index (κ1) is 8.50. The van der Waals surface area contributed by atoms with E-state index in [4.69, 9.17) is 11.6 Å². The summed E-state index contributed by atoms with van der Waals surface area (Å²) in [5.41, 5.74) is 0.986. The van der Waals surface area contributed by atoms with Crippen LogP contribution in [0.2, 0.25) is 5.02 Å². The molecule has 0 spiro atoms. The van der Waals surface area contributed by atoms with Gasteiger partial charge in [0, 0.05) is 17.8 Å². The smallest absolute Gasteiger partial charge is 0.0556 e. The summed E-state index contributed by atoms with van der Waals surface area (Å²) in [5.74, 6) is 0. The molecule has 0 fully saturated rings. The number of halogens is 1. The van der Waals surface area contributed by atoms with Crippen LogP contribution in [-0.2, 0) is 6.54 Å². The molecule has 1 aromatic rings. The number of hydrogen-bond acceptors (Lipinski definition) is 2. The van der Waals surface area contributed by atoms with Crippen LogP contribution >= 0.6 is 11.6 Å². The normalized spacial score (nSPS) is 10.0. The van der Waals surface area contributed by atoms with Crippen molar-refractivity contribution in [2.45, 2.75) is 13.5 Å². The zero-order chi connectivity index (χ0) is 8.10. The highest BCUT2D eigenvalue weighted by atomic mass is 35.5. The molecule has 0 radical (unpaired) electrons. The Kier molecular flexibility index (Phi) is 3.33. The Morgan fingerprint density at radius 2 is 2.45 bits per heavy atom. The molecule has 0 bridgehead atoms. The highest BCUT2D eigenvalue weighted by Crippen LogP contribution is 2.07. The second-order valence-electron chi connectivity index (χ2n) is 2.25. The van der Waals surface area contributed by atoms with Gasteiger partial charge in [-0.3, -0.25) is 4.98 Å². The predicted octanol–water partition coefficient (Wildman–Crippen LogP) is 1.84. The van der Waals surface area contributed by atoms with Crippen LogP contribution in [0.15, 0.2) is 18.3 Å². The molecule has 1 heterocycles. The molecular formula is C8H11ClN2. The Morgan fingerprint density at radius 3 is 3.09 bits per heavy atom. The van der Waals surface area contributed by atoms with Crippen molar-refractivity contribution in [3.05, 3.63) is 29.0 Å². The average molecular weight is 171 g/mol. The van der Waals surface area contributed by atoms with Crippen molar-refractivity contribution in [1.82, 2.24) is 10.3 Å². The van der Waals surface area contributed by atoms with E-state index in [0.717, 1.165) is 23.8 Å². The third kappa shape index (κ3) is 2.87. The average Bonchev–Trinajstić information content (AvgIpc) is 2.01. The third-order valence-electron chi connectivity index (χ3n) is 1.33. The summed E-state index contributed by atoms with van der Waals surface area (Å²) < 4.78 is 0. The molecule has 1 rings (SSSR count). The summed E-state index contributed by atoms with van der Waals surface area (Å²) in [5, 5.41) is 3.91. The minimum atomic E-state index is 0.743. The molecule has 60 valence electrons. The van der Waals surface area contributed by atoms with Gasteiger partial charge in [0.1, 0.15) is 0 Å². The Labute approximate surface area is 71.6 Å². The first-order valence-electron chi connectivity index (χ1n) is 3.64. The van der Waals surface area contributed by atoms with E-state index < -0.39 is 0 Å². The van der Waals surface area contributed by atoms with Gasteiger partial charge in [-0.05, 0) is 18.7 Å². The van der Waals surface area contributed by atoms with Crippen LogP contribution in [0.5, 0.6) is 0 Å². The number of rotatable bonds is 3. The van der Waals surface area contributed by atoms with E-state index in [0.29, 0.717) is 0 Å². The van der Waals surface area contributed by atoms with E-state index in [-0.39, 0.29) is 0 Å². The first-order valence-corrected chi connectivity index (χ1v) is 4.02. The summed E-state index contributed by atoms with van der Waals surface area (Å²) in [6, 6.07) is 3.64. The molecule has 0 unspecified atom stereocenters. The summed E-state index contributed by atoms with van der Waals surface area (Å²) in [6.07, 6.45) is 1.72. The molecule has 0 aliphatic carbocycles. The van der Waals surface area contributed by atoms with Crippen LogP contribution < -0.4 is 5.32 Å². The predicted molar refractivity (Wildman–Crippen MR) is 46.6 cm³/mol. The summed E-state index contributed by atoms with van der Waals surface area (Å²) in [4.78, 5) is 4.13. The van der Waals surface area contributed by atoms with E-state index in [2.05, 4.69) is 17.2 Å². The number of nitrogens with zero attached hydrogens (tertiary/aromatic N) is 1. The van der Waals surface area contributed by atoms with Crippen molar-refractivity contribution >= 4 is 11.6 Å².